The van der Waals surface area contributed by atoms with Crippen molar-refractivity contribution in [1.29, 1.82) is 0 Å². The molecule has 0 aliphatic carbocycles. The molecule has 1 atom stereocenters. The summed E-state index contributed by atoms with van der Waals surface area (Å²) in [5.41, 5.74) is 2.37. The second kappa shape index (κ2) is 9.42. The highest BCUT2D eigenvalue weighted by Gasteiger charge is 2.14. The van der Waals surface area contributed by atoms with E-state index in [0.717, 1.165) is 21.8 Å². The maximum atomic E-state index is 13.1. The summed E-state index contributed by atoms with van der Waals surface area (Å²) >= 11 is 1.69. The van der Waals surface area contributed by atoms with Crippen LogP contribution in [0, 0.1) is 5.82 Å². The quantitative estimate of drug-likeness (QED) is 0.528. The molecule has 0 bridgehead atoms. The van der Waals surface area contributed by atoms with Gasteiger partial charge < -0.3 is 10.1 Å². The number of halogens is 1. The van der Waals surface area contributed by atoms with Crippen molar-refractivity contribution in [3.63, 3.8) is 0 Å². The Kier molecular flexibility index (Phi) is 6.71. The summed E-state index contributed by atoms with van der Waals surface area (Å²) in [6.45, 7) is 1.88. The maximum Gasteiger partial charge on any atom is 0.251 e. The molecule has 0 aliphatic rings. The third-order valence-electron chi connectivity index (χ3n) is 4.40. The Labute approximate surface area is 168 Å². The molecule has 0 saturated carbocycles. The molecule has 28 heavy (non-hydrogen) atoms. The van der Waals surface area contributed by atoms with Gasteiger partial charge in [-0.05, 0) is 55.0 Å². The highest BCUT2D eigenvalue weighted by molar-refractivity contribution is 7.98. The van der Waals surface area contributed by atoms with Gasteiger partial charge >= 0.3 is 0 Å². The summed E-state index contributed by atoms with van der Waals surface area (Å²) in [5.74, 6) is 0.983. The molecule has 0 aromatic heterocycles. The molecule has 1 amide bonds. The second-order valence-electron chi connectivity index (χ2n) is 6.38. The zero-order valence-electron chi connectivity index (χ0n) is 15.8. The fourth-order valence-electron chi connectivity index (χ4n) is 2.83. The van der Waals surface area contributed by atoms with Crippen molar-refractivity contribution in [2.24, 2.45) is 0 Å². The van der Waals surface area contributed by atoms with Gasteiger partial charge in [-0.15, -0.1) is 11.8 Å². The summed E-state index contributed by atoms with van der Waals surface area (Å²) in [4.78, 5) is 13.8. The number of hydrogen-bond acceptors (Lipinski definition) is 3. The normalized spacial score (nSPS) is 11.7. The topological polar surface area (TPSA) is 38.3 Å². The van der Waals surface area contributed by atoms with Crippen molar-refractivity contribution in [2.75, 3.05) is 7.11 Å². The van der Waals surface area contributed by atoms with E-state index in [0.29, 0.717) is 11.3 Å². The lowest BCUT2D eigenvalue weighted by Gasteiger charge is -2.16. The van der Waals surface area contributed by atoms with Crippen LogP contribution in [0.3, 0.4) is 0 Å². The number of carbonyl (C=O) groups excluding carboxylic acids is 1. The van der Waals surface area contributed by atoms with E-state index >= 15 is 0 Å². The van der Waals surface area contributed by atoms with Crippen LogP contribution in [0.1, 0.15) is 34.5 Å². The Balaban J connectivity index is 1.72. The summed E-state index contributed by atoms with van der Waals surface area (Å²) < 4.78 is 18.5. The first-order chi connectivity index (χ1) is 13.6. The van der Waals surface area contributed by atoms with Crippen molar-refractivity contribution in [1.82, 2.24) is 5.32 Å². The van der Waals surface area contributed by atoms with E-state index in [2.05, 4.69) is 17.4 Å². The Morgan fingerprint density at radius 3 is 2.46 bits per heavy atom. The molecule has 3 rings (SSSR count). The van der Waals surface area contributed by atoms with Gasteiger partial charge in [0.05, 0.1) is 13.2 Å². The largest absolute Gasteiger partial charge is 0.496 e. The van der Waals surface area contributed by atoms with Crippen LogP contribution in [-0.2, 0) is 5.75 Å². The molecule has 0 aliphatic heterocycles. The van der Waals surface area contributed by atoms with E-state index in [-0.39, 0.29) is 17.8 Å². The number of methoxy groups -OCH3 is 1. The van der Waals surface area contributed by atoms with E-state index in [9.17, 15) is 9.18 Å². The average molecular weight is 395 g/mol. The summed E-state index contributed by atoms with van der Waals surface area (Å²) in [6.07, 6.45) is 0. The number of nitrogens with one attached hydrogen (secondary N) is 1. The van der Waals surface area contributed by atoms with E-state index in [1.165, 1.54) is 12.1 Å². The van der Waals surface area contributed by atoms with Crippen LogP contribution in [0.5, 0.6) is 5.75 Å². The molecule has 0 fully saturated rings. The fourth-order valence-corrected chi connectivity index (χ4v) is 3.72. The lowest BCUT2D eigenvalue weighted by atomic mass is 10.1. The molecule has 144 valence electrons. The van der Waals surface area contributed by atoms with E-state index < -0.39 is 0 Å². The molecular formula is C23H22FNO2S. The van der Waals surface area contributed by atoms with Gasteiger partial charge in [0.2, 0.25) is 0 Å². The number of benzene rings is 3. The van der Waals surface area contributed by atoms with Gasteiger partial charge in [0.15, 0.2) is 0 Å². The van der Waals surface area contributed by atoms with Crippen LogP contribution >= 0.6 is 11.8 Å². The van der Waals surface area contributed by atoms with E-state index in [4.69, 9.17) is 4.74 Å². The van der Waals surface area contributed by atoms with Gasteiger partial charge in [-0.25, -0.2) is 4.39 Å². The van der Waals surface area contributed by atoms with Crippen molar-refractivity contribution in [3.05, 3.63) is 95.3 Å². The van der Waals surface area contributed by atoms with Crippen LogP contribution in [0.25, 0.3) is 0 Å². The summed E-state index contributed by atoms with van der Waals surface area (Å²) in [7, 11) is 1.63. The molecule has 3 aromatic rings. The Morgan fingerprint density at radius 2 is 1.79 bits per heavy atom. The number of amides is 1. The van der Waals surface area contributed by atoms with Crippen LogP contribution in [0.4, 0.5) is 4.39 Å². The van der Waals surface area contributed by atoms with Crippen LogP contribution in [0.15, 0.2) is 77.7 Å². The van der Waals surface area contributed by atoms with Gasteiger partial charge in [-0.2, -0.15) is 0 Å². The van der Waals surface area contributed by atoms with Crippen molar-refractivity contribution in [3.8, 4) is 5.75 Å². The van der Waals surface area contributed by atoms with Gasteiger partial charge in [0.1, 0.15) is 11.6 Å². The average Bonchev–Trinajstić information content (AvgIpc) is 2.73. The fraction of sp³-hybridized carbons (Fsp3) is 0.174. The Morgan fingerprint density at radius 1 is 1.07 bits per heavy atom. The summed E-state index contributed by atoms with van der Waals surface area (Å²) in [5, 5.41) is 2.96. The minimum absolute atomic E-state index is 0.176. The van der Waals surface area contributed by atoms with Crippen LogP contribution in [-0.4, -0.2) is 13.0 Å². The predicted molar refractivity (Wildman–Crippen MR) is 111 cm³/mol. The maximum absolute atomic E-state index is 13.1. The van der Waals surface area contributed by atoms with Gasteiger partial charge in [-0.3, -0.25) is 4.79 Å². The minimum atomic E-state index is -0.294. The molecule has 0 radical (unpaired) electrons. The minimum Gasteiger partial charge on any atom is -0.496 e. The predicted octanol–water partition coefficient (Wildman–Crippen LogP) is 5.62. The van der Waals surface area contributed by atoms with E-state index in [1.54, 1.807) is 37.1 Å². The van der Waals surface area contributed by atoms with Gasteiger partial charge in [-0.1, -0.05) is 30.3 Å². The lowest BCUT2D eigenvalue weighted by molar-refractivity contribution is 0.0939. The van der Waals surface area contributed by atoms with Crippen molar-refractivity contribution < 1.29 is 13.9 Å². The first-order valence-corrected chi connectivity index (χ1v) is 9.96. The first-order valence-electron chi connectivity index (χ1n) is 8.98. The van der Waals surface area contributed by atoms with Gasteiger partial charge in [0, 0.05) is 21.8 Å². The molecular weight excluding hydrogens is 373 g/mol. The molecule has 1 N–H and O–H groups in total. The highest BCUT2D eigenvalue weighted by atomic mass is 32.2. The molecule has 0 saturated heterocycles. The third-order valence-corrected chi connectivity index (χ3v) is 5.46. The monoisotopic (exact) mass is 395 g/mol. The molecule has 0 heterocycles. The molecule has 1 unspecified atom stereocenters. The zero-order valence-corrected chi connectivity index (χ0v) is 16.6. The van der Waals surface area contributed by atoms with Gasteiger partial charge in [0.25, 0.3) is 5.91 Å². The lowest BCUT2D eigenvalue weighted by Crippen LogP contribution is -2.26. The summed E-state index contributed by atoms with van der Waals surface area (Å²) in [6, 6.07) is 21.4. The number of ether oxygens (including phenoxy) is 1. The molecule has 0 spiro atoms. The number of rotatable bonds is 7. The van der Waals surface area contributed by atoms with E-state index in [1.807, 2.05) is 37.3 Å². The number of carbonyl (C=O) groups is 1. The second-order valence-corrected chi connectivity index (χ2v) is 7.42. The molecule has 3 nitrogen and oxygen atoms in total. The molecule has 3 aromatic carbocycles. The Hall–Kier alpha value is -2.79. The SMILES string of the molecule is COc1ccc(C(=O)NC(C)c2ccc(F)cc2)cc1CSc1ccccc1. The Bertz CT molecular complexity index is 929. The zero-order chi connectivity index (χ0) is 19.9. The first kappa shape index (κ1) is 20.0. The van der Waals surface area contributed by atoms with Crippen LogP contribution in [0.2, 0.25) is 0 Å². The standard InChI is InChI=1S/C23H22FNO2S/c1-16(17-8-11-20(24)12-9-17)25-23(26)18-10-13-22(27-2)19(14-18)15-28-21-6-4-3-5-7-21/h3-14,16H,15H2,1-2H3,(H,25,26). The van der Waals surface area contributed by atoms with Crippen molar-refractivity contribution >= 4 is 17.7 Å². The molecule has 5 heteroatoms. The third kappa shape index (κ3) is 5.14. The number of thioether (sulfide) groups is 1. The number of hydrogen-bond donors (Lipinski definition) is 1. The highest BCUT2D eigenvalue weighted by Crippen LogP contribution is 2.29. The van der Waals surface area contributed by atoms with Crippen molar-refractivity contribution in [2.45, 2.75) is 23.6 Å². The smallest absolute Gasteiger partial charge is 0.251 e. The van der Waals surface area contributed by atoms with Crippen LogP contribution < -0.4 is 10.1 Å².